The van der Waals surface area contributed by atoms with Gasteiger partial charge in [0.05, 0.1) is 43.1 Å². The first-order valence-electron chi connectivity index (χ1n) is 8.68. The largest absolute Gasteiger partial charge is 0.457 e. The molecule has 0 amide bonds. The molecule has 0 bridgehead atoms. The van der Waals surface area contributed by atoms with Crippen LogP contribution in [-0.4, -0.2) is 44.2 Å². The third-order valence-corrected chi connectivity index (χ3v) is 4.38. The zero-order valence-corrected chi connectivity index (χ0v) is 15.0. The van der Waals surface area contributed by atoms with Gasteiger partial charge in [-0.25, -0.2) is 27.8 Å². The number of halogens is 3. The highest BCUT2D eigenvalue weighted by Crippen LogP contribution is 2.23. The van der Waals surface area contributed by atoms with Gasteiger partial charge in [0, 0.05) is 5.56 Å². The zero-order chi connectivity index (χ0) is 19.7. The lowest BCUT2D eigenvalue weighted by molar-refractivity contribution is 0.270. The molecule has 0 saturated carbocycles. The molecule has 3 heterocycles. The molecule has 0 radical (unpaired) electrons. The quantitative estimate of drug-likeness (QED) is 0.645. The molecule has 0 aliphatic carbocycles. The number of hydrogen-bond donors (Lipinski definition) is 0. The number of alkyl halides is 2. The lowest BCUT2D eigenvalue weighted by Gasteiger charge is -2.35. The third kappa shape index (κ3) is 3.75. The van der Waals surface area contributed by atoms with Crippen molar-refractivity contribution >= 4 is 5.69 Å². The summed E-state index contributed by atoms with van der Waals surface area (Å²) in [4.78, 5) is 10.0. The molecule has 1 fully saturated rings. The molecule has 10 heteroatoms. The molecule has 0 spiro atoms. The summed E-state index contributed by atoms with van der Waals surface area (Å²) in [6.07, 6.45) is 2.50. The fourth-order valence-corrected chi connectivity index (χ4v) is 2.79. The molecule has 1 unspecified atom stereocenters. The van der Waals surface area contributed by atoms with Crippen molar-refractivity contribution in [2.75, 3.05) is 18.0 Å². The first-order valence-corrected chi connectivity index (χ1v) is 8.68. The van der Waals surface area contributed by atoms with E-state index < -0.39 is 18.2 Å². The van der Waals surface area contributed by atoms with Crippen molar-refractivity contribution in [3.63, 3.8) is 0 Å². The highest BCUT2D eigenvalue weighted by Gasteiger charge is 2.26. The highest BCUT2D eigenvalue weighted by molar-refractivity contribution is 5.45. The Kier molecular flexibility index (Phi) is 4.84. The van der Waals surface area contributed by atoms with E-state index in [4.69, 9.17) is 4.74 Å². The van der Waals surface area contributed by atoms with Gasteiger partial charge in [-0.1, -0.05) is 5.21 Å². The molecule has 1 aliphatic rings. The molecule has 0 N–H and O–H groups in total. The Morgan fingerprint density at radius 1 is 1.21 bits per heavy atom. The van der Waals surface area contributed by atoms with Crippen LogP contribution in [0.5, 0.6) is 6.01 Å². The van der Waals surface area contributed by atoms with E-state index in [1.165, 1.54) is 29.8 Å². The van der Waals surface area contributed by atoms with Crippen LogP contribution in [0.3, 0.4) is 0 Å². The van der Waals surface area contributed by atoms with Gasteiger partial charge >= 0.3 is 6.01 Å². The number of aromatic nitrogens is 5. The summed E-state index contributed by atoms with van der Waals surface area (Å²) in [5, 5.41) is 7.93. The second-order valence-electron chi connectivity index (χ2n) is 6.49. The van der Waals surface area contributed by atoms with Crippen LogP contribution in [0.4, 0.5) is 18.9 Å². The smallest absolute Gasteiger partial charge is 0.316 e. The standard InChI is InChI=1S/C18H17F3N6O/c1-11(19)16-4-14(2-3-17(16)21)27-9-13(24-25-27)10-28-18-22-5-15(6-23-18)26-7-12(20)8-26/h2-6,9,11-12H,7-8,10H2,1H3. The van der Waals surface area contributed by atoms with E-state index in [0.717, 1.165) is 5.69 Å². The van der Waals surface area contributed by atoms with Crippen LogP contribution in [0.2, 0.25) is 0 Å². The lowest BCUT2D eigenvalue weighted by atomic mass is 10.1. The maximum absolute atomic E-state index is 13.6. The minimum atomic E-state index is -1.43. The van der Waals surface area contributed by atoms with Crippen LogP contribution in [0.15, 0.2) is 36.8 Å². The number of nitrogens with zero attached hydrogens (tertiary/aromatic N) is 6. The van der Waals surface area contributed by atoms with Gasteiger partial charge in [0.1, 0.15) is 30.5 Å². The minimum absolute atomic E-state index is 0.0411. The number of rotatable bonds is 6. The fourth-order valence-electron chi connectivity index (χ4n) is 2.79. The molecule has 7 nitrogen and oxygen atoms in total. The summed E-state index contributed by atoms with van der Waals surface area (Å²) in [5.41, 5.74) is 1.68. The molecule has 4 rings (SSSR count). The lowest BCUT2D eigenvalue weighted by Crippen LogP contribution is -2.48. The Hall–Kier alpha value is -3.17. The molecule has 28 heavy (non-hydrogen) atoms. The topological polar surface area (TPSA) is 69.0 Å². The molecule has 1 aromatic carbocycles. The molecule has 2 aromatic heterocycles. The second kappa shape index (κ2) is 7.45. The number of anilines is 1. The Morgan fingerprint density at radius 3 is 2.64 bits per heavy atom. The van der Waals surface area contributed by atoms with Gasteiger partial charge in [0.25, 0.3) is 0 Å². The number of ether oxygens (including phenoxy) is 1. The minimum Gasteiger partial charge on any atom is -0.457 e. The average molecular weight is 390 g/mol. The summed E-state index contributed by atoms with van der Waals surface area (Å²) < 4.78 is 46.9. The second-order valence-corrected chi connectivity index (χ2v) is 6.49. The Bertz CT molecular complexity index is 956. The maximum Gasteiger partial charge on any atom is 0.316 e. The van der Waals surface area contributed by atoms with Crippen LogP contribution in [0.25, 0.3) is 5.69 Å². The highest BCUT2D eigenvalue weighted by atomic mass is 19.1. The fraction of sp³-hybridized carbons (Fsp3) is 0.333. The Labute approximate surface area is 158 Å². The Balaban J connectivity index is 1.39. The summed E-state index contributed by atoms with van der Waals surface area (Å²) in [5.74, 6) is -0.608. The number of benzene rings is 1. The van der Waals surface area contributed by atoms with Crippen LogP contribution < -0.4 is 9.64 Å². The molecule has 1 atom stereocenters. The normalized spacial score (nSPS) is 15.4. The molecule has 1 aliphatic heterocycles. The first-order chi connectivity index (χ1) is 13.5. The van der Waals surface area contributed by atoms with Crippen molar-refractivity contribution in [2.24, 2.45) is 0 Å². The van der Waals surface area contributed by atoms with E-state index in [1.54, 1.807) is 18.6 Å². The predicted molar refractivity (Wildman–Crippen MR) is 94.3 cm³/mol. The molecule has 146 valence electrons. The monoisotopic (exact) mass is 390 g/mol. The van der Waals surface area contributed by atoms with E-state index in [2.05, 4.69) is 20.3 Å². The SMILES string of the molecule is CC(F)c1cc(-n2cc(COc3ncc(N4CC(F)C4)cn3)nn2)ccc1F. The maximum atomic E-state index is 13.6. The molecular weight excluding hydrogens is 373 g/mol. The summed E-state index contributed by atoms with van der Waals surface area (Å²) in [6, 6.07) is 4.22. The van der Waals surface area contributed by atoms with Gasteiger partial charge in [-0.05, 0) is 25.1 Å². The first kappa shape index (κ1) is 18.2. The van der Waals surface area contributed by atoms with Crippen molar-refractivity contribution < 1.29 is 17.9 Å². The molecule has 1 saturated heterocycles. The van der Waals surface area contributed by atoms with Gasteiger partial charge in [-0.3, -0.25) is 0 Å². The average Bonchev–Trinajstić information content (AvgIpc) is 3.13. The van der Waals surface area contributed by atoms with E-state index in [9.17, 15) is 13.2 Å². The van der Waals surface area contributed by atoms with E-state index in [0.29, 0.717) is 24.5 Å². The van der Waals surface area contributed by atoms with Crippen molar-refractivity contribution in [2.45, 2.75) is 25.9 Å². The predicted octanol–water partition coefficient (Wildman–Crippen LogP) is 2.96. The van der Waals surface area contributed by atoms with Gasteiger partial charge in [-0.2, -0.15) is 0 Å². The van der Waals surface area contributed by atoms with Crippen molar-refractivity contribution in [3.05, 3.63) is 53.9 Å². The van der Waals surface area contributed by atoms with Crippen molar-refractivity contribution in [1.82, 2.24) is 25.0 Å². The van der Waals surface area contributed by atoms with Gasteiger partial charge in [0.15, 0.2) is 0 Å². The molecule has 3 aromatic rings. The zero-order valence-electron chi connectivity index (χ0n) is 15.0. The van der Waals surface area contributed by atoms with E-state index >= 15 is 0 Å². The van der Waals surface area contributed by atoms with Crippen molar-refractivity contribution in [1.29, 1.82) is 0 Å². The summed E-state index contributed by atoms with van der Waals surface area (Å²) in [6.45, 7) is 2.03. The van der Waals surface area contributed by atoms with Crippen LogP contribution in [-0.2, 0) is 6.61 Å². The third-order valence-electron chi connectivity index (χ3n) is 4.38. The van der Waals surface area contributed by atoms with Crippen LogP contribution in [0.1, 0.15) is 24.4 Å². The van der Waals surface area contributed by atoms with Gasteiger partial charge < -0.3 is 9.64 Å². The summed E-state index contributed by atoms with van der Waals surface area (Å²) >= 11 is 0. The van der Waals surface area contributed by atoms with Gasteiger partial charge in [0.2, 0.25) is 0 Å². The van der Waals surface area contributed by atoms with Crippen LogP contribution >= 0.6 is 0 Å². The molecular formula is C18H17F3N6O. The van der Waals surface area contributed by atoms with Crippen molar-refractivity contribution in [3.8, 4) is 11.7 Å². The summed E-state index contributed by atoms with van der Waals surface area (Å²) in [7, 11) is 0. The van der Waals surface area contributed by atoms with E-state index in [-0.39, 0.29) is 18.2 Å². The number of hydrogen-bond acceptors (Lipinski definition) is 6. The van der Waals surface area contributed by atoms with Gasteiger partial charge in [-0.15, -0.1) is 5.10 Å². The van der Waals surface area contributed by atoms with Crippen LogP contribution in [0, 0.1) is 5.82 Å². The Morgan fingerprint density at radius 2 is 1.96 bits per heavy atom. The van der Waals surface area contributed by atoms with E-state index in [1.807, 2.05) is 4.90 Å².